The van der Waals surface area contributed by atoms with Crippen molar-refractivity contribution in [1.82, 2.24) is 0 Å². The molecule has 1 aromatic carbocycles. The van der Waals surface area contributed by atoms with Crippen molar-refractivity contribution in [1.29, 1.82) is 0 Å². The first kappa shape index (κ1) is 16.3. The molecule has 1 aromatic rings. The second-order valence-electron chi connectivity index (χ2n) is 7.29. The summed E-state index contributed by atoms with van der Waals surface area (Å²) in [5.41, 5.74) is 8.85. The summed E-state index contributed by atoms with van der Waals surface area (Å²) in [4.78, 5) is 3.00. The smallest absolute Gasteiger partial charge is 0.0708 e. The highest BCUT2D eigenvalue weighted by Crippen LogP contribution is 2.51. The molecular formula is C18H25N3O2. The Morgan fingerprint density at radius 3 is 2.87 bits per heavy atom. The van der Waals surface area contributed by atoms with Crippen molar-refractivity contribution in [2.24, 2.45) is 11.0 Å². The van der Waals surface area contributed by atoms with Crippen LogP contribution >= 0.6 is 0 Å². The molecule has 2 fully saturated rings. The van der Waals surface area contributed by atoms with E-state index in [0.717, 1.165) is 31.2 Å². The van der Waals surface area contributed by atoms with Crippen LogP contribution in [0, 0.1) is 5.92 Å². The van der Waals surface area contributed by atoms with E-state index < -0.39 is 5.60 Å². The van der Waals surface area contributed by atoms with E-state index in [1.807, 2.05) is 30.3 Å². The van der Waals surface area contributed by atoms with Crippen LogP contribution in [-0.4, -0.2) is 23.4 Å². The number of benzene rings is 1. The van der Waals surface area contributed by atoms with Gasteiger partial charge in [0.2, 0.25) is 0 Å². The third-order valence-electron chi connectivity index (χ3n) is 5.61. The lowest BCUT2D eigenvalue weighted by atomic mass is 9.62. The molecule has 1 N–H and O–H groups in total. The zero-order chi connectivity index (χ0) is 16.3. The number of nitrogens with zero attached hydrogens (tertiary/aromatic N) is 3. The van der Waals surface area contributed by atoms with Crippen LogP contribution < -0.4 is 0 Å². The lowest BCUT2D eigenvalue weighted by molar-refractivity contribution is -0.159. The molecule has 4 atom stereocenters. The molecule has 0 radical (unpaired) electrons. The van der Waals surface area contributed by atoms with Crippen molar-refractivity contribution < 1.29 is 9.84 Å². The quantitative estimate of drug-likeness (QED) is 0.492. The summed E-state index contributed by atoms with van der Waals surface area (Å²) in [6.45, 7) is 0. The van der Waals surface area contributed by atoms with Crippen LogP contribution in [0.4, 0.5) is 0 Å². The van der Waals surface area contributed by atoms with Crippen molar-refractivity contribution in [3.63, 3.8) is 0 Å². The van der Waals surface area contributed by atoms with Crippen molar-refractivity contribution in [2.75, 3.05) is 7.11 Å². The number of hydrogen-bond donors (Lipinski definition) is 1. The van der Waals surface area contributed by atoms with Gasteiger partial charge in [-0.3, -0.25) is 0 Å². The van der Waals surface area contributed by atoms with Gasteiger partial charge < -0.3 is 9.84 Å². The zero-order valence-corrected chi connectivity index (χ0v) is 13.7. The molecule has 2 bridgehead atoms. The van der Waals surface area contributed by atoms with Crippen molar-refractivity contribution >= 4 is 0 Å². The highest BCUT2D eigenvalue weighted by molar-refractivity contribution is 5.20. The SMILES string of the molecule is CO[C@@]12CCCC(C[C@@](O)(CC(N=[N+]=[N-])c3ccccc3)C1)C2. The van der Waals surface area contributed by atoms with Crippen LogP contribution in [0.1, 0.15) is 56.6 Å². The number of ether oxygens (including phenoxy) is 1. The molecule has 2 aliphatic rings. The van der Waals surface area contributed by atoms with Crippen LogP contribution in [0.5, 0.6) is 0 Å². The molecule has 2 saturated carbocycles. The summed E-state index contributed by atoms with van der Waals surface area (Å²) < 4.78 is 5.83. The fraction of sp³-hybridized carbons (Fsp3) is 0.667. The summed E-state index contributed by atoms with van der Waals surface area (Å²) in [6, 6.07) is 9.39. The van der Waals surface area contributed by atoms with E-state index in [0.29, 0.717) is 18.8 Å². The van der Waals surface area contributed by atoms with Crippen molar-refractivity contribution in [3.05, 3.63) is 46.3 Å². The normalized spacial score (nSPS) is 34.4. The minimum absolute atomic E-state index is 0.201. The Morgan fingerprint density at radius 2 is 2.17 bits per heavy atom. The third kappa shape index (κ3) is 3.52. The minimum Gasteiger partial charge on any atom is -0.390 e. The fourth-order valence-electron chi connectivity index (χ4n) is 4.72. The first-order chi connectivity index (χ1) is 11.1. The van der Waals surface area contributed by atoms with E-state index in [-0.39, 0.29) is 11.6 Å². The van der Waals surface area contributed by atoms with Gasteiger partial charge in [0, 0.05) is 18.4 Å². The van der Waals surface area contributed by atoms with Gasteiger partial charge in [-0.1, -0.05) is 48.3 Å². The van der Waals surface area contributed by atoms with Crippen LogP contribution in [0.2, 0.25) is 0 Å². The standard InChI is InChI=1S/C18H25N3O2/c1-23-18-9-5-6-14(11-18)10-17(22,13-18)12-16(20-21-19)15-7-3-2-4-8-15/h2-4,7-8,14,16,22H,5-6,9-13H2,1H3/t14?,16?,17-,18-/m1/s1. The Kier molecular flexibility index (Phi) is 4.62. The molecule has 5 heteroatoms. The molecule has 23 heavy (non-hydrogen) atoms. The summed E-state index contributed by atoms with van der Waals surface area (Å²) in [5, 5.41) is 15.2. The average molecular weight is 315 g/mol. The van der Waals surface area contributed by atoms with Gasteiger partial charge in [0.25, 0.3) is 0 Å². The number of fused-ring (bicyclic) bond motifs is 2. The van der Waals surface area contributed by atoms with Crippen molar-refractivity contribution in [2.45, 2.75) is 62.2 Å². The molecule has 0 spiro atoms. The summed E-state index contributed by atoms with van der Waals surface area (Å²) in [7, 11) is 1.76. The third-order valence-corrected chi connectivity index (χ3v) is 5.61. The van der Waals surface area contributed by atoms with Gasteiger partial charge >= 0.3 is 0 Å². The van der Waals surface area contributed by atoms with Crippen molar-refractivity contribution in [3.8, 4) is 0 Å². The molecule has 0 heterocycles. The lowest BCUT2D eigenvalue weighted by Gasteiger charge is -2.51. The molecule has 5 nitrogen and oxygen atoms in total. The topological polar surface area (TPSA) is 78.2 Å². The van der Waals surface area contributed by atoms with E-state index in [1.54, 1.807) is 7.11 Å². The Balaban J connectivity index is 1.83. The number of azide groups is 1. The Labute approximate surface area is 137 Å². The second-order valence-corrected chi connectivity index (χ2v) is 7.29. The molecule has 0 amide bonds. The van der Waals surface area contributed by atoms with Gasteiger partial charge in [-0.15, -0.1) is 0 Å². The molecule has 2 aliphatic carbocycles. The Hall–Kier alpha value is -1.55. The molecule has 2 unspecified atom stereocenters. The summed E-state index contributed by atoms with van der Waals surface area (Å²) in [5.74, 6) is 0.505. The maximum absolute atomic E-state index is 11.3. The first-order valence-corrected chi connectivity index (χ1v) is 8.45. The van der Waals surface area contributed by atoms with Crippen LogP contribution in [0.3, 0.4) is 0 Å². The van der Waals surface area contributed by atoms with Gasteiger partial charge in [0.1, 0.15) is 0 Å². The molecule has 0 aromatic heterocycles. The largest absolute Gasteiger partial charge is 0.390 e. The van der Waals surface area contributed by atoms with E-state index in [4.69, 9.17) is 10.3 Å². The highest BCUT2D eigenvalue weighted by atomic mass is 16.5. The number of methoxy groups -OCH3 is 1. The zero-order valence-electron chi connectivity index (χ0n) is 13.7. The maximum Gasteiger partial charge on any atom is 0.0708 e. The summed E-state index contributed by atoms with van der Waals surface area (Å²) in [6.07, 6.45) is 6.27. The molecular weight excluding hydrogens is 290 g/mol. The number of rotatable bonds is 5. The average Bonchev–Trinajstić information content (AvgIpc) is 2.54. The predicted octanol–water partition coefficient (Wildman–Crippen LogP) is 4.53. The van der Waals surface area contributed by atoms with Crippen LogP contribution in [0.15, 0.2) is 35.4 Å². The van der Waals surface area contributed by atoms with Crippen LogP contribution in [-0.2, 0) is 4.74 Å². The summed E-state index contributed by atoms with van der Waals surface area (Å²) >= 11 is 0. The van der Waals surface area contributed by atoms with Gasteiger partial charge in [0.05, 0.1) is 17.2 Å². The number of hydrogen-bond acceptors (Lipinski definition) is 3. The Morgan fingerprint density at radius 1 is 1.39 bits per heavy atom. The highest BCUT2D eigenvalue weighted by Gasteiger charge is 2.50. The maximum atomic E-state index is 11.3. The minimum atomic E-state index is -0.825. The molecule has 124 valence electrons. The fourth-order valence-corrected chi connectivity index (χ4v) is 4.72. The van der Waals surface area contributed by atoms with Gasteiger partial charge in [-0.25, -0.2) is 0 Å². The monoisotopic (exact) mass is 315 g/mol. The first-order valence-electron chi connectivity index (χ1n) is 8.45. The van der Waals surface area contributed by atoms with Gasteiger partial charge in [0.15, 0.2) is 0 Å². The lowest BCUT2D eigenvalue weighted by Crippen LogP contribution is -2.52. The van der Waals surface area contributed by atoms with E-state index in [9.17, 15) is 5.11 Å². The van der Waals surface area contributed by atoms with E-state index >= 15 is 0 Å². The number of aliphatic hydroxyl groups is 1. The van der Waals surface area contributed by atoms with Crippen LogP contribution in [0.25, 0.3) is 10.4 Å². The molecule has 0 saturated heterocycles. The van der Waals surface area contributed by atoms with Gasteiger partial charge in [-0.2, -0.15) is 0 Å². The van der Waals surface area contributed by atoms with Gasteiger partial charge in [-0.05, 0) is 42.7 Å². The second kappa shape index (κ2) is 6.52. The molecule has 0 aliphatic heterocycles. The Bertz CT molecular complexity index is 587. The van der Waals surface area contributed by atoms with E-state index in [1.165, 1.54) is 6.42 Å². The predicted molar refractivity (Wildman–Crippen MR) is 88.8 cm³/mol. The van der Waals surface area contributed by atoms with E-state index in [2.05, 4.69) is 10.0 Å². The molecule has 3 rings (SSSR count).